The number of benzene rings is 2. The van der Waals surface area contributed by atoms with Crippen molar-refractivity contribution in [3.63, 3.8) is 0 Å². The Balaban J connectivity index is 2.41. The van der Waals surface area contributed by atoms with Crippen LogP contribution in [0.25, 0.3) is 10.8 Å². The molecule has 1 unspecified atom stereocenters. The van der Waals surface area contributed by atoms with Gasteiger partial charge >= 0.3 is 0 Å². The molecule has 0 heterocycles. The number of halogens is 1. The summed E-state index contributed by atoms with van der Waals surface area (Å²) in [7, 11) is 0. The first-order valence-electron chi connectivity index (χ1n) is 5.02. The minimum absolute atomic E-state index is 0.493. The Kier molecular flexibility index (Phi) is 3.11. The molecule has 82 valence electrons. The quantitative estimate of drug-likeness (QED) is 0.761. The number of fused-ring (bicyclic) bond motifs is 1. The van der Waals surface area contributed by atoms with Crippen LogP contribution in [0.2, 0.25) is 0 Å². The molecule has 0 spiro atoms. The third-order valence-corrected chi connectivity index (χ3v) is 2.68. The van der Waals surface area contributed by atoms with Crippen LogP contribution in [0.4, 0.5) is 0 Å². The maximum Gasteiger partial charge on any atom is 0.262 e. The van der Waals surface area contributed by atoms with E-state index < -0.39 is 11.3 Å². The fourth-order valence-corrected chi connectivity index (χ4v) is 1.58. The molecule has 2 aromatic rings. The number of ether oxygens (including phenoxy) is 1. The predicted molar refractivity (Wildman–Crippen MR) is 64.9 cm³/mol. The summed E-state index contributed by atoms with van der Waals surface area (Å²) < 4.78 is 5.51. The van der Waals surface area contributed by atoms with Crippen LogP contribution in [-0.4, -0.2) is 11.3 Å². The van der Waals surface area contributed by atoms with Gasteiger partial charge in [0, 0.05) is 5.39 Å². The van der Waals surface area contributed by atoms with E-state index in [-0.39, 0.29) is 0 Å². The first kappa shape index (κ1) is 11.0. The minimum atomic E-state index is -0.632. The SMILES string of the molecule is CC(Oc1cccc2ccccc12)C(=O)Cl. The van der Waals surface area contributed by atoms with Gasteiger partial charge < -0.3 is 4.74 Å². The molecule has 0 N–H and O–H groups in total. The molecule has 3 heteroatoms. The Hall–Kier alpha value is -1.54. The van der Waals surface area contributed by atoms with Gasteiger partial charge in [0.1, 0.15) is 5.75 Å². The molecule has 16 heavy (non-hydrogen) atoms. The van der Waals surface area contributed by atoms with E-state index in [2.05, 4.69) is 0 Å². The Bertz CT molecular complexity index is 517. The van der Waals surface area contributed by atoms with E-state index in [0.29, 0.717) is 5.75 Å². The lowest BCUT2D eigenvalue weighted by Crippen LogP contribution is -2.18. The van der Waals surface area contributed by atoms with Crippen LogP contribution in [0.5, 0.6) is 5.75 Å². The minimum Gasteiger partial charge on any atom is -0.481 e. The summed E-state index contributed by atoms with van der Waals surface area (Å²) in [6.07, 6.45) is -0.632. The molecule has 0 bridgehead atoms. The second-order valence-electron chi connectivity index (χ2n) is 3.54. The van der Waals surface area contributed by atoms with Crippen molar-refractivity contribution in [2.75, 3.05) is 0 Å². The number of hydrogen-bond donors (Lipinski definition) is 0. The van der Waals surface area contributed by atoms with Crippen molar-refractivity contribution in [2.45, 2.75) is 13.0 Å². The Morgan fingerprint density at radius 2 is 1.88 bits per heavy atom. The zero-order valence-electron chi connectivity index (χ0n) is 8.81. The molecule has 0 aromatic heterocycles. The molecular formula is C13H11ClO2. The molecule has 0 fully saturated rings. The Labute approximate surface area is 98.8 Å². The van der Waals surface area contributed by atoms with Crippen LogP contribution in [-0.2, 0) is 4.79 Å². The highest BCUT2D eigenvalue weighted by atomic mass is 35.5. The highest BCUT2D eigenvalue weighted by Crippen LogP contribution is 2.26. The second kappa shape index (κ2) is 4.54. The zero-order chi connectivity index (χ0) is 11.5. The van der Waals surface area contributed by atoms with Crippen molar-refractivity contribution in [1.29, 1.82) is 0 Å². The molecule has 0 saturated carbocycles. The highest BCUT2D eigenvalue weighted by Gasteiger charge is 2.12. The van der Waals surface area contributed by atoms with E-state index >= 15 is 0 Å². The summed E-state index contributed by atoms with van der Waals surface area (Å²) in [6.45, 7) is 1.64. The Morgan fingerprint density at radius 3 is 2.62 bits per heavy atom. The molecule has 0 aliphatic heterocycles. The standard InChI is InChI=1S/C13H11ClO2/c1-9(13(14)15)16-12-8-4-6-10-5-2-3-7-11(10)12/h2-9H,1H3. The van der Waals surface area contributed by atoms with Crippen LogP contribution in [0, 0.1) is 0 Å². The van der Waals surface area contributed by atoms with Crippen LogP contribution >= 0.6 is 11.6 Å². The fourth-order valence-electron chi connectivity index (χ4n) is 1.54. The van der Waals surface area contributed by atoms with Crippen molar-refractivity contribution < 1.29 is 9.53 Å². The topological polar surface area (TPSA) is 26.3 Å². The van der Waals surface area contributed by atoms with Gasteiger partial charge in [0.15, 0.2) is 6.10 Å². The molecule has 0 radical (unpaired) electrons. The van der Waals surface area contributed by atoms with Gasteiger partial charge in [0.25, 0.3) is 5.24 Å². The van der Waals surface area contributed by atoms with Gasteiger partial charge in [0.05, 0.1) is 0 Å². The van der Waals surface area contributed by atoms with Gasteiger partial charge in [0.2, 0.25) is 0 Å². The summed E-state index contributed by atoms with van der Waals surface area (Å²) in [5.74, 6) is 0.680. The summed E-state index contributed by atoms with van der Waals surface area (Å²) in [6, 6.07) is 13.6. The number of hydrogen-bond acceptors (Lipinski definition) is 2. The molecule has 2 aromatic carbocycles. The zero-order valence-corrected chi connectivity index (χ0v) is 9.57. The third kappa shape index (κ3) is 2.17. The van der Waals surface area contributed by atoms with E-state index in [1.807, 2.05) is 42.5 Å². The average molecular weight is 235 g/mol. The van der Waals surface area contributed by atoms with Crippen LogP contribution < -0.4 is 4.74 Å². The molecule has 0 saturated heterocycles. The van der Waals surface area contributed by atoms with E-state index in [1.54, 1.807) is 6.92 Å². The molecule has 0 amide bonds. The van der Waals surface area contributed by atoms with Crippen LogP contribution in [0.3, 0.4) is 0 Å². The monoisotopic (exact) mass is 234 g/mol. The first-order chi connectivity index (χ1) is 7.68. The number of rotatable bonds is 3. The lowest BCUT2D eigenvalue weighted by molar-refractivity contribution is -0.117. The normalized spacial score (nSPS) is 12.4. The van der Waals surface area contributed by atoms with Gasteiger partial charge in [-0.15, -0.1) is 0 Å². The van der Waals surface area contributed by atoms with Crippen molar-refractivity contribution >= 4 is 27.6 Å². The van der Waals surface area contributed by atoms with Gasteiger partial charge in [-0.25, -0.2) is 0 Å². The lowest BCUT2D eigenvalue weighted by atomic mass is 10.1. The maximum absolute atomic E-state index is 10.9. The summed E-state index contributed by atoms with van der Waals surface area (Å²) >= 11 is 5.37. The highest BCUT2D eigenvalue weighted by molar-refractivity contribution is 6.64. The second-order valence-corrected chi connectivity index (χ2v) is 3.91. The van der Waals surface area contributed by atoms with Gasteiger partial charge in [-0.05, 0) is 30.0 Å². The molecule has 2 nitrogen and oxygen atoms in total. The van der Waals surface area contributed by atoms with Gasteiger partial charge in [-0.1, -0.05) is 36.4 Å². The van der Waals surface area contributed by atoms with Crippen LogP contribution in [0.15, 0.2) is 42.5 Å². The van der Waals surface area contributed by atoms with E-state index in [4.69, 9.17) is 16.3 Å². The Morgan fingerprint density at radius 1 is 1.19 bits per heavy atom. The smallest absolute Gasteiger partial charge is 0.262 e. The molecule has 0 aliphatic rings. The van der Waals surface area contributed by atoms with E-state index in [1.165, 1.54) is 0 Å². The lowest BCUT2D eigenvalue weighted by Gasteiger charge is -2.12. The molecule has 1 atom stereocenters. The summed E-state index contributed by atoms with van der Waals surface area (Å²) in [4.78, 5) is 10.9. The van der Waals surface area contributed by atoms with E-state index in [9.17, 15) is 4.79 Å². The molecule has 2 rings (SSSR count). The van der Waals surface area contributed by atoms with Crippen molar-refractivity contribution in [3.8, 4) is 5.75 Å². The van der Waals surface area contributed by atoms with Crippen molar-refractivity contribution in [1.82, 2.24) is 0 Å². The summed E-state index contributed by atoms with van der Waals surface area (Å²) in [5, 5.41) is 1.57. The largest absolute Gasteiger partial charge is 0.481 e. The first-order valence-corrected chi connectivity index (χ1v) is 5.40. The number of carbonyl (C=O) groups is 1. The summed E-state index contributed by atoms with van der Waals surface area (Å²) in [5.41, 5.74) is 0. The molecular weight excluding hydrogens is 224 g/mol. The van der Waals surface area contributed by atoms with Crippen molar-refractivity contribution in [3.05, 3.63) is 42.5 Å². The predicted octanol–water partition coefficient (Wildman–Crippen LogP) is 3.37. The average Bonchev–Trinajstić information content (AvgIpc) is 2.29. The maximum atomic E-state index is 10.9. The van der Waals surface area contributed by atoms with Gasteiger partial charge in [-0.2, -0.15) is 0 Å². The van der Waals surface area contributed by atoms with E-state index in [0.717, 1.165) is 10.8 Å². The van der Waals surface area contributed by atoms with Crippen LogP contribution in [0.1, 0.15) is 6.92 Å². The van der Waals surface area contributed by atoms with Crippen molar-refractivity contribution in [2.24, 2.45) is 0 Å². The number of carbonyl (C=O) groups excluding carboxylic acids is 1. The van der Waals surface area contributed by atoms with Gasteiger partial charge in [-0.3, -0.25) is 4.79 Å². The fraction of sp³-hybridized carbons (Fsp3) is 0.154. The third-order valence-electron chi connectivity index (χ3n) is 2.37. The molecule has 0 aliphatic carbocycles.